The van der Waals surface area contributed by atoms with E-state index in [2.05, 4.69) is 22.9 Å². The summed E-state index contributed by atoms with van der Waals surface area (Å²) in [7, 11) is 3.16. The summed E-state index contributed by atoms with van der Waals surface area (Å²) >= 11 is 3.43. The van der Waals surface area contributed by atoms with Gasteiger partial charge in [-0.05, 0) is 34.5 Å². The number of Topliss-reactive ketones (excluding diaryl/α,β-unsaturated/α-hetero) is 1. The number of hydrogen-bond donors (Lipinski definition) is 0. The molecule has 0 N–H and O–H groups in total. The smallest absolute Gasteiger partial charge is 0.164 e. The van der Waals surface area contributed by atoms with Gasteiger partial charge in [0.05, 0.1) is 14.2 Å². The number of hydrogen-bond acceptors (Lipinski definition) is 3. The number of halogens is 1. The van der Waals surface area contributed by atoms with Gasteiger partial charge < -0.3 is 9.47 Å². The lowest BCUT2D eigenvalue weighted by Gasteiger charge is -2.11. The number of methoxy groups -OCH3 is 2. The zero-order valence-corrected chi connectivity index (χ0v) is 14.1. The average molecular weight is 343 g/mol. The first-order chi connectivity index (χ1) is 9.63. The van der Waals surface area contributed by atoms with Crippen molar-refractivity contribution in [2.45, 2.75) is 45.4 Å². The van der Waals surface area contributed by atoms with Gasteiger partial charge in [-0.1, -0.05) is 32.6 Å². The first-order valence-electron chi connectivity index (χ1n) is 7.08. The highest BCUT2D eigenvalue weighted by atomic mass is 79.9. The topological polar surface area (TPSA) is 35.5 Å². The predicted octanol–water partition coefficient (Wildman–Crippen LogP) is 5.01. The van der Waals surface area contributed by atoms with E-state index in [9.17, 15) is 4.79 Å². The highest BCUT2D eigenvalue weighted by Gasteiger charge is 2.15. The third-order valence-corrected chi connectivity index (χ3v) is 3.94. The molecule has 0 saturated carbocycles. The Morgan fingerprint density at radius 2 is 1.65 bits per heavy atom. The summed E-state index contributed by atoms with van der Waals surface area (Å²) in [5, 5.41) is 0. The average Bonchev–Trinajstić information content (AvgIpc) is 2.46. The van der Waals surface area contributed by atoms with Gasteiger partial charge in [-0.3, -0.25) is 4.79 Å². The van der Waals surface area contributed by atoms with Crippen molar-refractivity contribution in [3.63, 3.8) is 0 Å². The molecule has 112 valence electrons. The van der Waals surface area contributed by atoms with Crippen molar-refractivity contribution in [2.24, 2.45) is 0 Å². The molecule has 0 spiro atoms. The number of unbranched alkanes of at least 4 members (excludes halogenated alkanes) is 4. The van der Waals surface area contributed by atoms with Crippen LogP contribution in [0, 0.1) is 0 Å². The third-order valence-electron chi connectivity index (χ3n) is 3.28. The molecule has 0 aromatic heterocycles. The van der Waals surface area contributed by atoms with Gasteiger partial charge in [-0.25, -0.2) is 0 Å². The molecule has 1 rings (SSSR count). The molecule has 0 aliphatic heterocycles. The molecule has 20 heavy (non-hydrogen) atoms. The van der Waals surface area contributed by atoms with Crippen molar-refractivity contribution >= 4 is 21.7 Å². The van der Waals surface area contributed by atoms with Crippen LogP contribution in [0.25, 0.3) is 0 Å². The fourth-order valence-corrected chi connectivity index (χ4v) is 2.64. The molecule has 0 radical (unpaired) electrons. The summed E-state index contributed by atoms with van der Waals surface area (Å²) in [6, 6.07) is 3.53. The number of carbonyl (C=O) groups excluding carboxylic acids is 1. The molecule has 0 bridgehead atoms. The maximum absolute atomic E-state index is 12.2. The van der Waals surface area contributed by atoms with Gasteiger partial charge in [-0.2, -0.15) is 0 Å². The molecule has 0 aliphatic rings. The minimum atomic E-state index is 0.148. The van der Waals surface area contributed by atoms with Crippen LogP contribution in [0.3, 0.4) is 0 Å². The van der Waals surface area contributed by atoms with Crippen LogP contribution in [0.4, 0.5) is 0 Å². The Morgan fingerprint density at radius 3 is 2.25 bits per heavy atom. The van der Waals surface area contributed by atoms with Crippen LogP contribution in [-0.4, -0.2) is 20.0 Å². The molecule has 0 amide bonds. The van der Waals surface area contributed by atoms with Crippen LogP contribution in [0.15, 0.2) is 16.6 Å². The van der Waals surface area contributed by atoms with Crippen LogP contribution in [-0.2, 0) is 0 Å². The highest BCUT2D eigenvalue weighted by molar-refractivity contribution is 9.10. The van der Waals surface area contributed by atoms with E-state index in [0.29, 0.717) is 23.5 Å². The number of ketones is 1. The zero-order valence-electron chi connectivity index (χ0n) is 12.5. The van der Waals surface area contributed by atoms with Gasteiger partial charge in [-0.15, -0.1) is 0 Å². The second-order valence-electron chi connectivity index (χ2n) is 4.77. The monoisotopic (exact) mass is 342 g/mol. The van der Waals surface area contributed by atoms with Crippen LogP contribution in [0.1, 0.15) is 55.8 Å². The van der Waals surface area contributed by atoms with Crippen LogP contribution in [0.2, 0.25) is 0 Å². The number of ether oxygens (including phenoxy) is 2. The second-order valence-corrected chi connectivity index (χ2v) is 5.63. The molecule has 0 saturated heterocycles. The Morgan fingerprint density at radius 1 is 1.05 bits per heavy atom. The maximum Gasteiger partial charge on any atom is 0.164 e. The summed E-state index contributed by atoms with van der Waals surface area (Å²) in [5.41, 5.74) is 0.665. The van der Waals surface area contributed by atoms with Gasteiger partial charge in [0.25, 0.3) is 0 Å². The summed E-state index contributed by atoms with van der Waals surface area (Å²) in [4.78, 5) is 12.2. The van der Waals surface area contributed by atoms with Crippen molar-refractivity contribution in [3.05, 3.63) is 22.2 Å². The fraction of sp³-hybridized carbons (Fsp3) is 0.562. The SMILES string of the molecule is CCCCCCCC(=O)c1cc(OC)c(OC)cc1Br. The Balaban J connectivity index is 2.68. The van der Waals surface area contributed by atoms with Gasteiger partial charge >= 0.3 is 0 Å². The van der Waals surface area contributed by atoms with E-state index in [1.54, 1.807) is 26.4 Å². The van der Waals surface area contributed by atoms with E-state index in [-0.39, 0.29) is 5.78 Å². The lowest BCUT2D eigenvalue weighted by atomic mass is 10.0. The Bertz CT molecular complexity index is 444. The first-order valence-corrected chi connectivity index (χ1v) is 7.88. The molecule has 0 aliphatic carbocycles. The Hall–Kier alpha value is -1.03. The quantitative estimate of drug-likeness (QED) is 0.467. The third kappa shape index (κ3) is 4.82. The van der Waals surface area contributed by atoms with Gasteiger partial charge in [0.15, 0.2) is 17.3 Å². The van der Waals surface area contributed by atoms with Crippen LogP contribution >= 0.6 is 15.9 Å². The van der Waals surface area contributed by atoms with Crippen LogP contribution < -0.4 is 9.47 Å². The lowest BCUT2D eigenvalue weighted by Crippen LogP contribution is -2.02. The molecular formula is C16H23BrO3. The Labute approximate surface area is 129 Å². The number of benzene rings is 1. The van der Waals surface area contributed by atoms with Crippen molar-refractivity contribution in [1.82, 2.24) is 0 Å². The summed E-state index contributed by atoms with van der Waals surface area (Å²) in [5.74, 6) is 1.36. The van der Waals surface area contributed by atoms with Gasteiger partial charge in [0.2, 0.25) is 0 Å². The molecule has 0 atom stereocenters. The van der Waals surface area contributed by atoms with E-state index in [1.807, 2.05) is 0 Å². The van der Waals surface area contributed by atoms with Crippen molar-refractivity contribution in [1.29, 1.82) is 0 Å². The van der Waals surface area contributed by atoms with Crippen molar-refractivity contribution < 1.29 is 14.3 Å². The molecule has 1 aromatic rings. The van der Waals surface area contributed by atoms with Crippen molar-refractivity contribution in [2.75, 3.05) is 14.2 Å². The molecule has 4 heteroatoms. The van der Waals surface area contributed by atoms with Crippen LogP contribution in [0.5, 0.6) is 11.5 Å². The molecule has 1 aromatic carbocycles. The molecule has 3 nitrogen and oxygen atoms in total. The van der Waals surface area contributed by atoms with E-state index in [1.165, 1.54) is 19.3 Å². The van der Waals surface area contributed by atoms with Gasteiger partial charge in [0.1, 0.15) is 0 Å². The molecule has 0 heterocycles. The number of carbonyl (C=O) groups is 1. The predicted molar refractivity (Wildman–Crippen MR) is 85.0 cm³/mol. The minimum absolute atomic E-state index is 0.148. The van der Waals surface area contributed by atoms with E-state index < -0.39 is 0 Å². The first kappa shape index (κ1) is 17.0. The maximum atomic E-state index is 12.2. The zero-order chi connectivity index (χ0) is 15.0. The summed E-state index contributed by atoms with van der Waals surface area (Å²) < 4.78 is 11.2. The van der Waals surface area contributed by atoms with E-state index in [0.717, 1.165) is 17.3 Å². The molecular weight excluding hydrogens is 320 g/mol. The lowest BCUT2D eigenvalue weighted by molar-refractivity contribution is 0.0978. The van der Waals surface area contributed by atoms with E-state index >= 15 is 0 Å². The molecule has 0 unspecified atom stereocenters. The minimum Gasteiger partial charge on any atom is -0.493 e. The summed E-state index contributed by atoms with van der Waals surface area (Å²) in [6.45, 7) is 2.19. The Kier molecular flexibility index (Phi) is 7.67. The largest absolute Gasteiger partial charge is 0.493 e. The van der Waals surface area contributed by atoms with Crippen molar-refractivity contribution in [3.8, 4) is 11.5 Å². The fourth-order valence-electron chi connectivity index (χ4n) is 2.09. The highest BCUT2D eigenvalue weighted by Crippen LogP contribution is 2.34. The number of rotatable bonds is 9. The van der Waals surface area contributed by atoms with E-state index in [4.69, 9.17) is 9.47 Å². The van der Waals surface area contributed by atoms with Gasteiger partial charge in [0, 0.05) is 16.5 Å². The summed E-state index contributed by atoms with van der Waals surface area (Å²) in [6.07, 6.45) is 6.31. The normalized spacial score (nSPS) is 10.4. The second kappa shape index (κ2) is 9.01. The standard InChI is InChI=1S/C16H23BrO3/c1-4-5-6-7-8-9-14(18)12-10-15(19-2)16(20-3)11-13(12)17/h10-11H,4-9H2,1-3H3. The molecule has 0 fully saturated rings.